The van der Waals surface area contributed by atoms with E-state index < -0.39 is 0 Å². The molecule has 0 bridgehead atoms. The Kier molecular flexibility index (Phi) is 4.01. The van der Waals surface area contributed by atoms with E-state index in [-0.39, 0.29) is 0 Å². The van der Waals surface area contributed by atoms with Gasteiger partial charge in [0.2, 0.25) is 5.16 Å². The zero-order valence-electron chi connectivity index (χ0n) is 11.2. The third kappa shape index (κ3) is 2.71. The lowest BCUT2D eigenvalue weighted by atomic mass is 10.2. The molecule has 1 N–H and O–H groups in total. The van der Waals surface area contributed by atoms with Crippen molar-refractivity contribution in [2.24, 2.45) is 0 Å². The van der Waals surface area contributed by atoms with E-state index in [0.717, 1.165) is 27.1 Å². The molecule has 20 heavy (non-hydrogen) atoms. The third-order valence-electron chi connectivity index (χ3n) is 2.96. The number of thioether (sulfide) groups is 1. The second-order valence-electron chi connectivity index (χ2n) is 4.78. The minimum atomic E-state index is 0.366. The predicted octanol–water partition coefficient (Wildman–Crippen LogP) is 5.09. The molecule has 0 fully saturated rings. The van der Waals surface area contributed by atoms with Crippen LogP contribution in [0.3, 0.4) is 0 Å². The molecule has 0 saturated heterocycles. The average Bonchev–Trinajstić information content (AvgIpc) is 3.03. The summed E-state index contributed by atoms with van der Waals surface area (Å²) in [6.07, 6.45) is 0. The van der Waals surface area contributed by atoms with E-state index in [1.165, 1.54) is 9.58 Å². The van der Waals surface area contributed by atoms with Crippen molar-refractivity contribution in [1.29, 1.82) is 0 Å². The van der Waals surface area contributed by atoms with Crippen LogP contribution in [0.2, 0.25) is 5.02 Å². The van der Waals surface area contributed by atoms with E-state index in [9.17, 15) is 0 Å². The van der Waals surface area contributed by atoms with Crippen LogP contribution in [0.15, 0.2) is 29.4 Å². The number of fused-ring (bicyclic) bond motifs is 1. The molecule has 6 heteroatoms. The van der Waals surface area contributed by atoms with E-state index in [4.69, 9.17) is 11.6 Å². The first-order valence-electron chi connectivity index (χ1n) is 6.36. The molecular weight excluding hydrogens is 310 g/mol. The molecular formula is C14H14ClN3S2. The molecule has 0 unspecified atom stereocenters. The van der Waals surface area contributed by atoms with E-state index in [0.29, 0.717) is 5.92 Å². The van der Waals surface area contributed by atoms with E-state index in [1.54, 1.807) is 23.1 Å². The lowest BCUT2D eigenvalue weighted by Crippen LogP contribution is -1.89. The molecule has 0 spiro atoms. The van der Waals surface area contributed by atoms with Gasteiger partial charge < -0.3 is 0 Å². The van der Waals surface area contributed by atoms with Crippen molar-refractivity contribution in [2.45, 2.75) is 30.7 Å². The van der Waals surface area contributed by atoms with Crippen molar-refractivity contribution < 1.29 is 0 Å². The maximum Gasteiger partial charge on any atom is 0.208 e. The predicted molar refractivity (Wildman–Crippen MR) is 86.9 cm³/mol. The van der Waals surface area contributed by atoms with Gasteiger partial charge in [-0.2, -0.15) is 0 Å². The summed E-state index contributed by atoms with van der Waals surface area (Å²) in [4.78, 5) is 5.64. The summed E-state index contributed by atoms with van der Waals surface area (Å²) in [5.41, 5.74) is 0. The third-order valence-corrected chi connectivity index (χ3v) is 5.73. The van der Waals surface area contributed by atoms with Crippen molar-refractivity contribution in [3.63, 3.8) is 0 Å². The van der Waals surface area contributed by atoms with Crippen LogP contribution in [0.5, 0.6) is 0 Å². The smallest absolute Gasteiger partial charge is 0.208 e. The maximum absolute atomic E-state index is 6.43. The Morgan fingerprint density at radius 2 is 2.15 bits per heavy atom. The highest BCUT2D eigenvalue weighted by Crippen LogP contribution is 2.38. The van der Waals surface area contributed by atoms with Crippen LogP contribution in [0.1, 0.15) is 30.5 Å². The topological polar surface area (TPSA) is 41.6 Å². The van der Waals surface area contributed by atoms with Crippen LogP contribution in [-0.2, 0) is 5.75 Å². The van der Waals surface area contributed by atoms with Gasteiger partial charge in [0.05, 0.1) is 5.02 Å². The van der Waals surface area contributed by atoms with E-state index in [1.807, 2.05) is 12.1 Å². The van der Waals surface area contributed by atoms with Crippen molar-refractivity contribution >= 4 is 44.8 Å². The zero-order valence-corrected chi connectivity index (χ0v) is 13.6. The first-order chi connectivity index (χ1) is 9.65. The van der Waals surface area contributed by atoms with Crippen molar-refractivity contribution in [2.75, 3.05) is 0 Å². The molecule has 0 atom stereocenters. The Bertz CT molecular complexity index is 733. The van der Waals surface area contributed by atoms with Gasteiger partial charge in [-0.15, -0.1) is 16.4 Å². The van der Waals surface area contributed by atoms with Crippen LogP contribution in [0.25, 0.3) is 10.1 Å². The van der Waals surface area contributed by atoms with Gasteiger partial charge >= 0.3 is 0 Å². The van der Waals surface area contributed by atoms with Gasteiger partial charge in [-0.1, -0.05) is 55.4 Å². The molecule has 0 aliphatic rings. The summed E-state index contributed by atoms with van der Waals surface area (Å²) in [5, 5.41) is 9.97. The summed E-state index contributed by atoms with van der Waals surface area (Å²) < 4.78 is 1.23. The van der Waals surface area contributed by atoms with Gasteiger partial charge in [-0.05, 0) is 6.07 Å². The minimum Gasteiger partial charge on any atom is -0.262 e. The van der Waals surface area contributed by atoms with Crippen molar-refractivity contribution in [3.05, 3.63) is 40.0 Å². The molecule has 3 rings (SSSR count). The highest BCUT2D eigenvalue weighted by Gasteiger charge is 2.12. The van der Waals surface area contributed by atoms with Gasteiger partial charge in [0, 0.05) is 26.6 Å². The quantitative estimate of drug-likeness (QED) is 0.680. The lowest BCUT2D eigenvalue weighted by molar-refractivity contribution is 0.780. The molecule has 0 amide bonds. The van der Waals surface area contributed by atoms with Crippen LogP contribution < -0.4 is 0 Å². The summed E-state index contributed by atoms with van der Waals surface area (Å²) in [6, 6.07) is 8.22. The Balaban J connectivity index is 1.77. The van der Waals surface area contributed by atoms with Gasteiger partial charge in [-0.25, -0.2) is 4.98 Å². The monoisotopic (exact) mass is 323 g/mol. The molecule has 0 aliphatic carbocycles. The van der Waals surface area contributed by atoms with Crippen LogP contribution >= 0.6 is 34.7 Å². The molecule has 0 aliphatic heterocycles. The number of thiophene rings is 1. The number of nitrogens with zero attached hydrogens (tertiary/aromatic N) is 2. The number of aromatic amines is 1. The lowest BCUT2D eigenvalue weighted by Gasteiger charge is -1.96. The molecule has 3 nitrogen and oxygen atoms in total. The fourth-order valence-electron chi connectivity index (χ4n) is 1.87. The average molecular weight is 324 g/mol. The SMILES string of the molecule is CC(C)c1nc(SCc2sc3ccccc3c2Cl)n[nH]1. The van der Waals surface area contributed by atoms with E-state index in [2.05, 4.69) is 41.2 Å². The summed E-state index contributed by atoms with van der Waals surface area (Å²) in [6.45, 7) is 4.19. The summed E-state index contributed by atoms with van der Waals surface area (Å²) >= 11 is 9.78. The molecule has 104 valence electrons. The maximum atomic E-state index is 6.43. The number of benzene rings is 1. The molecule has 2 heterocycles. The largest absolute Gasteiger partial charge is 0.262 e. The number of aromatic nitrogens is 3. The van der Waals surface area contributed by atoms with Crippen molar-refractivity contribution in [1.82, 2.24) is 15.2 Å². The highest BCUT2D eigenvalue weighted by molar-refractivity contribution is 7.98. The highest BCUT2D eigenvalue weighted by atomic mass is 35.5. The van der Waals surface area contributed by atoms with Crippen LogP contribution in [0.4, 0.5) is 0 Å². The minimum absolute atomic E-state index is 0.366. The number of rotatable bonds is 4. The number of nitrogens with one attached hydrogen (secondary N) is 1. The Morgan fingerprint density at radius 1 is 1.35 bits per heavy atom. The Labute approximate surface area is 130 Å². The molecule has 1 aromatic carbocycles. The van der Waals surface area contributed by atoms with Gasteiger partial charge in [0.1, 0.15) is 5.82 Å². The number of H-pyrrole nitrogens is 1. The number of hydrogen-bond donors (Lipinski definition) is 1. The molecule has 2 aromatic heterocycles. The first kappa shape index (κ1) is 13.9. The van der Waals surface area contributed by atoms with E-state index >= 15 is 0 Å². The Hall–Kier alpha value is -1.04. The number of hydrogen-bond acceptors (Lipinski definition) is 4. The molecule has 3 aromatic rings. The van der Waals surface area contributed by atoms with Gasteiger partial charge in [0.15, 0.2) is 0 Å². The van der Waals surface area contributed by atoms with Crippen molar-refractivity contribution in [3.8, 4) is 0 Å². The van der Waals surface area contributed by atoms with Crippen LogP contribution in [-0.4, -0.2) is 15.2 Å². The fraction of sp³-hybridized carbons (Fsp3) is 0.286. The molecule has 0 saturated carbocycles. The zero-order chi connectivity index (χ0) is 14.1. The second-order valence-corrected chi connectivity index (χ2v) is 7.24. The first-order valence-corrected chi connectivity index (χ1v) is 8.54. The number of halogens is 1. The van der Waals surface area contributed by atoms with Gasteiger partial charge in [0.25, 0.3) is 0 Å². The fourth-order valence-corrected chi connectivity index (χ4v) is 4.33. The summed E-state index contributed by atoms with van der Waals surface area (Å²) in [7, 11) is 0. The van der Waals surface area contributed by atoms with Crippen LogP contribution in [0, 0.1) is 0 Å². The standard InChI is InChI=1S/C14H14ClN3S2/c1-8(2)13-16-14(18-17-13)19-7-11-12(15)9-5-3-4-6-10(9)20-11/h3-6,8H,7H2,1-2H3,(H,16,17,18). The Morgan fingerprint density at radius 3 is 2.85 bits per heavy atom. The van der Waals surface area contributed by atoms with Gasteiger partial charge in [-0.3, -0.25) is 5.10 Å². The second kappa shape index (κ2) is 5.76. The summed E-state index contributed by atoms with van der Waals surface area (Å²) in [5.74, 6) is 2.09. The molecule has 0 radical (unpaired) electrons. The normalized spacial score (nSPS) is 11.6.